The molecule has 0 radical (unpaired) electrons. The average molecular weight is 254 g/mol. The minimum Gasteiger partial charge on any atom is -0.351 e. The largest absolute Gasteiger partial charge is 0.351 e. The number of halogens is 1. The molecule has 1 aliphatic rings. The Morgan fingerprint density at radius 3 is 3.10 bits per heavy atom. The van der Waals surface area contributed by atoms with E-state index in [0.717, 1.165) is 13.0 Å². The van der Waals surface area contributed by atoms with Crippen LogP contribution in [0.1, 0.15) is 6.42 Å². The van der Waals surface area contributed by atoms with E-state index < -0.39 is 0 Å². The first-order valence-corrected chi connectivity index (χ1v) is 4.57. The third-order valence-corrected chi connectivity index (χ3v) is 2.56. The molecule has 0 N–H and O–H groups in total. The Morgan fingerprint density at radius 1 is 1.80 bits per heavy atom. The second-order valence-corrected chi connectivity index (χ2v) is 3.77. The van der Waals surface area contributed by atoms with E-state index in [9.17, 15) is 0 Å². The van der Waals surface area contributed by atoms with Crippen molar-refractivity contribution < 1.29 is 9.47 Å². The molecule has 1 rings (SSSR count). The molecule has 1 aliphatic heterocycles. The molecular formula is C7H11IO2. The highest BCUT2D eigenvalue weighted by Crippen LogP contribution is 2.22. The van der Waals surface area contributed by atoms with Crippen LogP contribution in [0.15, 0.2) is 12.7 Å². The zero-order valence-electron chi connectivity index (χ0n) is 5.75. The SMILES string of the molecule is C=CCO[C@@H]1OCC[C@H]1I. The molecule has 2 nitrogen and oxygen atoms in total. The molecule has 0 saturated carbocycles. The maximum Gasteiger partial charge on any atom is 0.169 e. The van der Waals surface area contributed by atoms with Crippen LogP contribution in [0, 0.1) is 0 Å². The monoisotopic (exact) mass is 254 g/mol. The molecule has 0 bridgehead atoms. The number of hydrogen-bond donors (Lipinski definition) is 0. The van der Waals surface area contributed by atoms with Crippen LogP contribution in [-0.4, -0.2) is 23.4 Å². The first-order valence-electron chi connectivity index (χ1n) is 3.33. The molecule has 1 saturated heterocycles. The number of ether oxygens (including phenoxy) is 2. The molecule has 0 aromatic rings. The summed E-state index contributed by atoms with van der Waals surface area (Å²) in [5, 5.41) is 0. The topological polar surface area (TPSA) is 18.5 Å². The van der Waals surface area contributed by atoms with Crippen LogP contribution in [0.3, 0.4) is 0 Å². The van der Waals surface area contributed by atoms with Gasteiger partial charge >= 0.3 is 0 Å². The second kappa shape index (κ2) is 4.31. The van der Waals surface area contributed by atoms with Crippen LogP contribution in [0.4, 0.5) is 0 Å². The van der Waals surface area contributed by atoms with Gasteiger partial charge in [-0.2, -0.15) is 0 Å². The molecule has 0 aliphatic carbocycles. The van der Waals surface area contributed by atoms with Gasteiger partial charge in [-0.15, -0.1) is 6.58 Å². The summed E-state index contributed by atoms with van der Waals surface area (Å²) in [6, 6.07) is 0. The summed E-state index contributed by atoms with van der Waals surface area (Å²) in [6.45, 7) is 4.98. The fourth-order valence-corrected chi connectivity index (χ4v) is 1.52. The van der Waals surface area contributed by atoms with Crippen molar-refractivity contribution in [3.05, 3.63) is 12.7 Å². The molecule has 0 unspecified atom stereocenters. The fourth-order valence-electron chi connectivity index (χ4n) is 0.853. The van der Waals surface area contributed by atoms with Gasteiger partial charge in [-0.1, -0.05) is 28.7 Å². The van der Waals surface area contributed by atoms with Crippen LogP contribution in [0.2, 0.25) is 0 Å². The predicted molar refractivity (Wildman–Crippen MR) is 48.3 cm³/mol. The van der Waals surface area contributed by atoms with Crippen LogP contribution >= 0.6 is 22.6 Å². The van der Waals surface area contributed by atoms with Crippen molar-refractivity contribution in [2.45, 2.75) is 16.6 Å². The minimum absolute atomic E-state index is 0.00130. The van der Waals surface area contributed by atoms with Crippen LogP contribution in [0.5, 0.6) is 0 Å². The van der Waals surface area contributed by atoms with Crippen molar-refractivity contribution in [3.63, 3.8) is 0 Å². The predicted octanol–water partition coefficient (Wildman–Crippen LogP) is 1.74. The van der Waals surface area contributed by atoms with Crippen molar-refractivity contribution in [3.8, 4) is 0 Å². The molecule has 1 fully saturated rings. The maximum absolute atomic E-state index is 5.32. The first-order chi connectivity index (χ1) is 4.84. The highest BCUT2D eigenvalue weighted by molar-refractivity contribution is 14.1. The normalized spacial score (nSPS) is 32.5. The van der Waals surface area contributed by atoms with Gasteiger partial charge in [0.2, 0.25) is 0 Å². The maximum atomic E-state index is 5.32. The Balaban J connectivity index is 2.19. The van der Waals surface area contributed by atoms with Crippen LogP contribution in [-0.2, 0) is 9.47 Å². The lowest BCUT2D eigenvalue weighted by Crippen LogP contribution is -2.19. The first kappa shape index (κ1) is 8.49. The molecule has 0 amide bonds. The summed E-state index contributed by atoms with van der Waals surface area (Å²) in [5.74, 6) is 0. The van der Waals surface area contributed by atoms with E-state index in [1.165, 1.54) is 0 Å². The smallest absolute Gasteiger partial charge is 0.169 e. The van der Waals surface area contributed by atoms with Gasteiger partial charge in [0.15, 0.2) is 6.29 Å². The molecule has 2 atom stereocenters. The van der Waals surface area contributed by atoms with E-state index in [0.29, 0.717) is 10.5 Å². The van der Waals surface area contributed by atoms with Crippen molar-refractivity contribution in [1.29, 1.82) is 0 Å². The summed E-state index contributed by atoms with van der Waals surface area (Å²) in [7, 11) is 0. The van der Waals surface area contributed by atoms with Crippen molar-refractivity contribution in [1.82, 2.24) is 0 Å². The lowest BCUT2D eigenvalue weighted by Gasteiger charge is -2.12. The van der Waals surface area contributed by atoms with E-state index in [1.54, 1.807) is 6.08 Å². The van der Waals surface area contributed by atoms with Crippen molar-refractivity contribution >= 4 is 22.6 Å². The van der Waals surface area contributed by atoms with Gasteiger partial charge in [0, 0.05) is 0 Å². The average Bonchev–Trinajstić information content (AvgIpc) is 2.31. The Labute approximate surface area is 74.7 Å². The molecule has 1 heterocycles. The lowest BCUT2D eigenvalue weighted by molar-refractivity contribution is -0.0967. The van der Waals surface area contributed by atoms with E-state index in [-0.39, 0.29) is 6.29 Å². The van der Waals surface area contributed by atoms with E-state index in [2.05, 4.69) is 29.2 Å². The number of rotatable bonds is 3. The molecule has 0 aromatic heterocycles. The highest BCUT2D eigenvalue weighted by atomic mass is 127. The highest BCUT2D eigenvalue weighted by Gasteiger charge is 2.25. The Hall–Kier alpha value is 0.390. The summed E-state index contributed by atoms with van der Waals surface area (Å²) in [4.78, 5) is 0. The molecule has 3 heteroatoms. The quantitative estimate of drug-likeness (QED) is 0.434. The third kappa shape index (κ3) is 2.21. The minimum atomic E-state index is -0.00130. The van der Waals surface area contributed by atoms with Gasteiger partial charge in [-0.25, -0.2) is 0 Å². The van der Waals surface area contributed by atoms with Gasteiger partial charge in [-0.05, 0) is 6.42 Å². The molecule has 10 heavy (non-hydrogen) atoms. The lowest BCUT2D eigenvalue weighted by atomic mass is 10.4. The van der Waals surface area contributed by atoms with Gasteiger partial charge in [0.05, 0.1) is 17.1 Å². The van der Waals surface area contributed by atoms with Gasteiger partial charge in [0.25, 0.3) is 0 Å². The van der Waals surface area contributed by atoms with Crippen LogP contribution in [0.25, 0.3) is 0 Å². The zero-order valence-corrected chi connectivity index (χ0v) is 7.91. The number of hydrogen-bond acceptors (Lipinski definition) is 2. The van der Waals surface area contributed by atoms with Gasteiger partial charge in [0.1, 0.15) is 0 Å². The molecule has 0 aromatic carbocycles. The van der Waals surface area contributed by atoms with Crippen molar-refractivity contribution in [2.24, 2.45) is 0 Å². The summed E-state index contributed by atoms with van der Waals surface area (Å²) >= 11 is 2.35. The third-order valence-electron chi connectivity index (χ3n) is 1.35. The van der Waals surface area contributed by atoms with E-state index >= 15 is 0 Å². The van der Waals surface area contributed by atoms with E-state index in [4.69, 9.17) is 9.47 Å². The summed E-state index contributed by atoms with van der Waals surface area (Å²) < 4.78 is 11.1. The number of alkyl halides is 1. The van der Waals surface area contributed by atoms with Gasteiger partial charge < -0.3 is 9.47 Å². The Morgan fingerprint density at radius 2 is 2.60 bits per heavy atom. The Kier molecular flexibility index (Phi) is 3.65. The second-order valence-electron chi connectivity index (χ2n) is 2.17. The molecular weight excluding hydrogens is 243 g/mol. The fraction of sp³-hybridized carbons (Fsp3) is 0.714. The van der Waals surface area contributed by atoms with E-state index in [1.807, 2.05) is 0 Å². The van der Waals surface area contributed by atoms with Gasteiger partial charge in [-0.3, -0.25) is 0 Å². The summed E-state index contributed by atoms with van der Waals surface area (Å²) in [5.41, 5.74) is 0. The molecule has 58 valence electrons. The molecule has 0 spiro atoms. The Bertz CT molecular complexity index is 116. The van der Waals surface area contributed by atoms with Crippen LogP contribution < -0.4 is 0 Å². The zero-order chi connectivity index (χ0) is 7.40. The standard InChI is InChI=1S/C7H11IO2/c1-2-4-9-7-6(8)3-5-10-7/h2,6-7H,1,3-5H2/t6-,7-/m1/s1. The van der Waals surface area contributed by atoms with Crippen molar-refractivity contribution in [2.75, 3.05) is 13.2 Å². The summed E-state index contributed by atoms with van der Waals surface area (Å²) in [6.07, 6.45) is 2.84.